The Bertz CT molecular complexity index is 523. The molecule has 5 heteroatoms. The van der Waals surface area contributed by atoms with Gasteiger partial charge in [-0.3, -0.25) is 4.79 Å². The number of benzene rings is 1. The molecule has 0 N–H and O–H groups in total. The molecule has 1 aromatic carbocycles. The molecule has 0 bridgehead atoms. The van der Waals surface area contributed by atoms with Crippen LogP contribution in [0.15, 0.2) is 30.3 Å². The normalized spacial score (nSPS) is 11.3. The van der Waals surface area contributed by atoms with Crippen LogP contribution in [0.1, 0.15) is 63.9 Å². The maximum absolute atomic E-state index is 11.8. The van der Waals surface area contributed by atoms with Crippen LogP contribution in [-0.4, -0.2) is 14.4 Å². The summed E-state index contributed by atoms with van der Waals surface area (Å²) in [6, 6.07) is 8.71. The van der Waals surface area contributed by atoms with Crippen LogP contribution >= 0.6 is 0 Å². The summed E-state index contributed by atoms with van der Waals surface area (Å²) in [6.45, 7) is 2.17. The molecule has 0 heterocycles. The summed E-state index contributed by atoms with van der Waals surface area (Å²) in [7, 11) is -3.84. The summed E-state index contributed by atoms with van der Waals surface area (Å²) in [5.41, 5.74) is 0.617. The van der Waals surface area contributed by atoms with E-state index in [1.165, 1.54) is 25.7 Å². The van der Waals surface area contributed by atoms with Crippen LogP contribution in [-0.2, 0) is 24.8 Å². The Morgan fingerprint density at radius 2 is 1.55 bits per heavy atom. The molecule has 0 spiro atoms. The SMILES string of the molecule is CCCCCCCCCC(=O)OS(=O)(=O)Cc1ccccc1. The first-order valence-corrected chi connectivity index (χ1v) is 9.60. The highest BCUT2D eigenvalue weighted by Gasteiger charge is 2.17. The van der Waals surface area contributed by atoms with Crippen molar-refractivity contribution in [3.05, 3.63) is 35.9 Å². The molecule has 4 nitrogen and oxygen atoms in total. The zero-order valence-corrected chi connectivity index (χ0v) is 14.1. The lowest BCUT2D eigenvalue weighted by Crippen LogP contribution is -2.14. The molecule has 22 heavy (non-hydrogen) atoms. The van der Waals surface area contributed by atoms with E-state index in [9.17, 15) is 13.2 Å². The van der Waals surface area contributed by atoms with E-state index in [0.29, 0.717) is 12.0 Å². The Balaban J connectivity index is 2.21. The Morgan fingerprint density at radius 3 is 2.18 bits per heavy atom. The van der Waals surface area contributed by atoms with E-state index in [0.717, 1.165) is 12.8 Å². The number of hydrogen-bond donors (Lipinski definition) is 0. The van der Waals surface area contributed by atoms with E-state index in [1.807, 2.05) is 6.07 Å². The highest BCUT2D eigenvalue weighted by Crippen LogP contribution is 2.11. The number of unbranched alkanes of at least 4 members (excludes halogenated alkanes) is 6. The van der Waals surface area contributed by atoms with Gasteiger partial charge in [-0.1, -0.05) is 75.8 Å². The van der Waals surface area contributed by atoms with E-state index in [2.05, 4.69) is 11.1 Å². The quantitative estimate of drug-likeness (QED) is 0.451. The molecule has 1 rings (SSSR count). The van der Waals surface area contributed by atoms with Gasteiger partial charge in [-0.05, 0) is 12.0 Å². The molecule has 0 fully saturated rings. The Labute approximate surface area is 134 Å². The van der Waals surface area contributed by atoms with Crippen molar-refractivity contribution in [3.8, 4) is 0 Å². The molecule has 0 amide bonds. The van der Waals surface area contributed by atoms with Gasteiger partial charge in [0.1, 0.15) is 5.75 Å². The van der Waals surface area contributed by atoms with Crippen molar-refractivity contribution >= 4 is 16.1 Å². The van der Waals surface area contributed by atoms with Gasteiger partial charge in [0.2, 0.25) is 0 Å². The fourth-order valence-electron chi connectivity index (χ4n) is 2.22. The van der Waals surface area contributed by atoms with Crippen molar-refractivity contribution in [2.45, 2.75) is 64.0 Å². The van der Waals surface area contributed by atoms with Crippen molar-refractivity contribution in [1.82, 2.24) is 0 Å². The molecule has 0 aliphatic rings. The van der Waals surface area contributed by atoms with Crippen molar-refractivity contribution < 1.29 is 17.4 Å². The second kappa shape index (κ2) is 10.4. The van der Waals surface area contributed by atoms with E-state index in [1.54, 1.807) is 24.3 Å². The van der Waals surface area contributed by atoms with Crippen LogP contribution in [0, 0.1) is 0 Å². The predicted octanol–water partition coefficient (Wildman–Crippen LogP) is 4.20. The van der Waals surface area contributed by atoms with Gasteiger partial charge in [0.15, 0.2) is 0 Å². The van der Waals surface area contributed by atoms with Gasteiger partial charge in [0.25, 0.3) is 0 Å². The minimum atomic E-state index is -3.84. The molecule has 0 aliphatic carbocycles. The highest BCUT2D eigenvalue weighted by atomic mass is 32.2. The Morgan fingerprint density at radius 1 is 0.955 bits per heavy atom. The van der Waals surface area contributed by atoms with E-state index in [-0.39, 0.29) is 12.2 Å². The summed E-state index contributed by atoms with van der Waals surface area (Å²) >= 11 is 0. The summed E-state index contributed by atoms with van der Waals surface area (Å²) in [5.74, 6) is -0.916. The number of carbonyl (C=O) groups excluding carboxylic acids is 1. The fourth-order valence-corrected chi connectivity index (χ4v) is 3.24. The third-order valence-corrected chi connectivity index (χ3v) is 4.52. The van der Waals surface area contributed by atoms with Crippen LogP contribution in [0.5, 0.6) is 0 Å². The van der Waals surface area contributed by atoms with Crippen molar-refractivity contribution in [2.75, 3.05) is 0 Å². The van der Waals surface area contributed by atoms with Crippen LogP contribution in [0.4, 0.5) is 0 Å². The Hall–Kier alpha value is -1.36. The smallest absolute Gasteiger partial charge is 0.322 e. The third kappa shape index (κ3) is 8.82. The first-order chi connectivity index (χ1) is 10.5. The zero-order chi connectivity index (χ0) is 16.3. The van der Waals surface area contributed by atoms with E-state index >= 15 is 0 Å². The maximum Gasteiger partial charge on any atom is 0.322 e. The number of hydrogen-bond acceptors (Lipinski definition) is 4. The summed E-state index contributed by atoms with van der Waals surface area (Å²) in [4.78, 5) is 11.6. The molecular formula is C17H26O4S. The van der Waals surface area contributed by atoms with Crippen LogP contribution in [0.3, 0.4) is 0 Å². The first kappa shape index (κ1) is 18.7. The van der Waals surface area contributed by atoms with Crippen LogP contribution in [0.2, 0.25) is 0 Å². The van der Waals surface area contributed by atoms with Gasteiger partial charge in [-0.25, -0.2) is 0 Å². The average molecular weight is 326 g/mol. The van der Waals surface area contributed by atoms with Gasteiger partial charge < -0.3 is 4.18 Å². The Kier molecular flexibility index (Phi) is 8.82. The molecular weight excluding hydrogens is 300 g/mol. The van der Waals surface area contributed by atoms with Gasteiger partial charge in [-0.15, -0.1) is 0 Å². The van der Waals surface area contributed by atoms with Crippen LogP contribution < -0.4 is 0 Å². The number of rotatable bonds is 11. The molecule has 124 valence electrons. The minimum absolute atomic E-state index is 0.168. The zero-order valence-electron chi connectivity index (χ0n) is 13.3. The van der Waals surface area contributed by atoms with Gasteiger partial charge in [-0.2, -0.15) is 8.42 Å². The maximum atomic E-state index is 11.8. The molecule has 0 unspecified atom stereocenters. The summed E-state index contributed by atoms with van der Waals surface area (Å²) in [6.07, 6.45) is 7.75. The molecule has 0 radical (unpaired) electrons. The topological polar surface area (TPSA) is 60.4 Å². The lowest BCUT2D eigenvalue weighted by Gasteiger charge is -2.06. The van der Waals surface area contributed by atoms with Gasteiger partial charge in [0, 0.05) is 6.42 Å². The lowest BCUT2D eigenvalue weighted by molar-refractivity contribution is -0.133. The lowest BCUT2D eigenvalue weighted by atomic mass is 10.1. The second-order valence-corrected chi connectivity index (χ2v) is 7.08. The monoisotopic (exact) mass is 326 g/mol. The summed E-state index contributed by atoms with van der Waals surface area (Å²) in [5, 5.41) is 0. The second-order valence-electron chi connectivity index (χ2n) is 5.51. The van der Waals surface area contributed by atoms with Gasteiger partial charge >= 0.3 is 16.1 Å². The molecule has 0 saturated carbocycles. The van der Waals surface area contributed by atoms with E-state index < -0.39 is 16.1 Å². The predicted molar refractivity (Wildman–Crippen MR) is 87.8 cm³/mol. The fraction of sp³-hybridized carbons (Fsp3) is 0.588. The standard InChI is InChI=1S/C17H26O4S/c1-2-3-4-5-6-7-11-14-17(18)21-22(19,20)15-16-12-9-8-10-13-16/h8-10,12-13H,2-7,11,14-15H2,1H3. The summed E-state index contributed by atoms with van der Waals surface area (Å²) < 4.78 is 28.2. The third-order valence-electron chi connectivity index (χ3n) is 3.39. The van der Waals surface area contributed by atoms with E-state index in [4.69, 9.17) is 0 Å². The molecule has 0 aliphatic heterocycles. The molecule has 0 atom stereocenters. The van der Waals surface area contributed by atoms with Crippen molar-refractivity contribution in [3.63, 3.8) is 0 Å². The average Bonchev–Trinajstić information content (AvgIpc) is 2.46. The minimum Gasteiger partial charge on any atom is -0.345 e. The molecule has 1 aromatic rings. The van der Waals surface area contributed by atoms with Crippen molar-refractivity contribution in [1.29, 1.82) is 0 Å². The molecule has 0 saturated heterocycles. The molecule has 0 aromatic heterocycles. The van der Waals surface area contributed by atoms with Gasteiger partial charge in [0.05, 0.1) is 0 Å². The first-order valence-electron chi connectivity index (χ1n) is 8.02. The van der Waals surface area contributed by atoms with Crippen LogP contribution in [0.25, 0.3) is 0 Å². The number of carbonyl (C=O) groups is 1. The highest BCUT2D eigenvalue weighted by molar-refractivity contribution is 7.86. The van der Waals surface area contributed by atoms with Crippen molar-refractivity contribution in [2.24, 2.45) is 0 Å². The largest absolute Gasteiger partial charge is 0.345 e.